The summed E-state index contributed by atoms with van der Waals surface area (Å²) in [4.78, 5) is -0.0736. The van der Waals surface area contributed by atoms with Crippen molar-refractivity contribution in [3.05, 3.63) is 65.0 Å². The normalized spacial score (nSPS) is 28.0. The lowest BCUT2D eigenvalue weighted by molar-refractivity contribution is -0.228. The molecule has 2 aromatic rings. The molecule has 4 atom stereocenters. The Morgan fingerprint density at radius 1 is 1.03 bits per heavy atom. The fraction of sp³-hybridized carbons (Fsp3) is 0.455. The molecule has 1 fully saturated rings. The molecule has 2 aliphatic carbocycles. The molecule has 0 spiro atoms. The summed E-state index contributed by atoms with van der Waals surface area (Å²) in [5.41, 5.74) is 2.87. The van der Waals surface area contributed by atoms with Gasteiger partial charge in [-0.1, -0.05) is 18.2 Å². The number of alkyl halides is 4. The quantitative estimate of drug-likeness (QED) is 0.523. The van der Waals surface area contributed by atoms with Gasteiger partial charge in [-0.3, -0.25) is 0 Å². The maximum atomic E-state index is 14.6. The third kappa shape index (κ3) is 3.11. The first kappa shape index (κ1) is 22.2. The van der Waals surface area contributed by atoms with Crippen molar-refractivity contribution in [1.82, 2.24) is 0 Å². The van der Waals surface area contributed by atoms with Gasteiger partial charge in [0, 0.05) is 6.04 Å². The number of rotatable bonds is 3. The molecule has 0 radical (unpaired) electrons. The van der Waals surface area contributed by atoms with E-state index in [2.05, 4.69) is 0 Å². The molecule has 0 bridgehead atoms. The van der Waals surface area contributed by atoms with Crippen LogP contribution in [0.1, 0.15) is 42.9 Å². The molecule has 9 heteroatoms. The van der Waals surface area contributed by atoms with Crippen molar-refractivity contribution in [2.45, 2.75) is 60.1 Å². The largest absolute Gasteiger partial charge is 0.426 e. The molecule has 0 amide bonds. The zero-order valence-corrected chi connectivity index (χ0v) is 17.5. The van der Waals surface area contributed by atoms with Crippen molar-refractivity contribution >= 4 is 9.84 Å². The summed E-state index contributed by atoms with van der Waals surface area (Å²) >= 11 is 0. The van der Waals surface area contributed by atoms with Crippen molar-refractivity contribution in [1.29, 1.82) is 0 Å². The van der Waals surface area contributed by atoms with E-state index in [-0.39, 0.29) is 11.3 Å². The lowest BCUT2D eigenvalue weighted by atomic mass is 9.74. The highest BCUT2D eigenvalue weighted by Crippen LogP contribution is 2.57. The highest BCUT2D eigenvalue weighted by molar-refractivity contribution is 7.92. The van der Waals surface area contributed by atoms with Crippen LogP contribution in [0, 0.1) is 11.7 Å². The lowest BCUT2D eigenvalue weighted by Crippen LogP contribution is -2.47. The molecule has 1 unspecified atom stereocenters. The Bertz CT molecular complexity index is 1110. The predicted octanol–water partition coefficient (Wildman–Crippen LogP) is 4.93. The van der Waals surface area contributed by atoms with E-state index in [9.17, 15) is 30.4 Å². The highest BCUT2D eigenvalue weighted by atomic mass is 32.2. The first-order valence-electron chi connectivity index (χ1n) is 9.97. The topological polar surface area (TPSA) is 60.2 Å². The second-order valence-corrected chi connectivity index (χ2v) is 10.8. The van der Waals surface area contributed by atoms with Crippen LogP contribution in [0.2, 0.25) is 0 Å². The van der Waals surface area contributed by atoms with Gasteiger partial charge in [-0.15, -0.1) is 0 Å². The molecule has 3 nitrogen and oxygen atoms in total. The minimum absolute atomic E-state index is 0.0736. The van der Waals surface area contributed by atoms with Crippen LogP contribution in [0.4, 0.5) is 22.0 Å². The summed E-state index contributed by atoms with van der Waals surface area (Å²) in [5, 5.41) is 0. The number of halogens is 5. The van der Waals surface area contributed by atoms with E-state index in [0.717, 1.165) is 24.3 Å². The average molecular weight is 459 g/mol. The fourth-order valence-electron chi connectivity index (χ4n) is 5.18. The summed E-state index contributed by atoms with van der Waals surface area (Å²) in [6.45, 7) is 0.455. The minimum Gasteiger partial charge on any atom is -0.327 e. The lowest BCUT2D eigenvalue weighted by Gasteiger charge is -2.42. The summed E-state index contributed by atoms with van der Waals surface area (Å²) in [6, 6.07) is 7.53. The molecule has 1 saturated carbocycles. The third-order valence-electron chi connectivity index (χ3n) is 6.93. The van der Waals surface area contributed by atoms with Gasteiger partial charge < -0.3 is 5.73 Å². The summed E-state index contributed by atoms with van der Waals surface area (Å²) in [6.07, 6.45) is -3.83. The Morgan fingerprint density at radius 2 is 1.68 bits per heavy atom. The Hall–Kier alpha value is -2.00. The summed E-state index contributed by atoms with van der Waals surface area (Å²) in [5.74, 6) is -1.03. The van der Waals surface area contributed by atoms with Gasteiger partial charge >= 0.3 is 6.18 Å². The molecule has 2 N–H and O–H groups in total. The molecule has 2 aliphatic rings. The third-order valence-corrected chi connectivity index (χ3v) is 9.51. The van der Waals surface area contributed by atoms with E-state index in [0.29, 0.717) is 37.3 Å². The Morgan fingerprint density at radius 3 is 2.29 bits per heavy atom. The average Bonchev–Trinajstić information content (AvgIpc) is 3.05. The standard InChI is InChI=1S/C22H22F5NO2S/c1-20(24,22(25,26)27)14-3-9-17-13(12-14)2-8-18-19(28)10-11-21(17,18)31(29,30)16-6-4-15(23)5-7-16/h3-7,9,12,18-19H,2,8,10-11,28H2,1H3/t18-,19+,20?,21+/m0/s1. The van der Waals surface area contributed by atoms with Gasteiger partial charge in [0.15, 0.2) is 9.84 Å². The number of hydrogen-bond donors (Lipinski definition) is 1. The first-order chi connectivity index (χ1) is 14.3. The molecule has 2 aromatic carbocycles. The number of aryl methyl sites for hydroxylation is 1. The van der Waals surface area contributed by atoms with E-state index in [1.165, 1.54) is 18.2 Å². The maximum absolute atomic E-state index is 14.6. The Kier molecular flexibility index (Phi) is 5.01. The van der Waals surface area contributed by atoms with Gasteiger partial charge in [0.2, 0.25) is 5.67 Å². The van der Waals surface area contributed by atoms with E-state index in [1.807, 2.05) is 0 Å². The van der Waals surface area contributed by atoms with Gasteiger partial charge in [0.25, 0.3) is 0 Å². The van der Waals surface area contributed by atoms with Crippen molar-refractivity contribution in [3.63, 3.8) is 0 Å². The highest BCUT2D eigenvalue weighted by Gasteiger charge is 2.60. The number of benzene rings is 2. The first-order valence-corrected chi connectivity index (χ1v) is 11.5. The second-order valence-electron chi connectivity index (χ2n) is 8.57. The molecular formula is C22H22F5NO2S. The number of fused-ring (bicyclic) bond motifs is 3. The molecule has 0 heterocycles. The smallest absolute Gasteiger partial charge is 0.327 e. The van der Waals surface area contributed by atoms with E-state index in [4.69, 9.17) is 5.73 Å². The van der Waals surface area contributed by atoms with E-state index < -0.39 is 49.8 Å². The van der Waals surface area contributed by atoms with Crippen LogP contribution >= 0.6 is 0 Å². The number of hydrogen-bond acceptors (Lipinski definition) is 3. The van der Waals surface area contributed by atoms with Gasteiger partial charge in [0.1, 0.15) is 10.6 Å². The van der Waals surface area contributed by atoms with Crippen molar-refractivity contribution in [2.24, 2.45) is 11.7 Å². The fourth-order valence-corrected chi connectivity index (χ4v) is 7.66. The molecule has 0 aromatic heterocycles. The van der Waals surface area contributed by atoms with Gasteiger partial charge in [0.05, 0.1) is 4.90 Å². The van der Waals surface area contributed by atoms with Crippen LogP contribution < -0.4 is 5.73 Å². The number of sulfone groups is 1. The zero-order valence-electron chi connectivity index (χ0n) is 16.7. The zero-order chi connectivity index (χ0) is 22.8. The molecule has 4 rings (SSSR count). The molecular weight excluding hydrogens is 437 g/mol. The van der Waals surface area contributed by atoms with Crippen LogP contribution in [0.3, 0.4) is 0 Å². The van der Waals surface area contributed by atoms with E-state index in [1.54, 1.807) is 0 Å². The van der Waals surface area contributed by atoms with Crippen molar-refractivity contribution < 1.29 is 30.4 Å². The molecule has 0 aliphatic heterocycles. The van der Waals surface area contributed by atoms with Gasteiger partial charge in [-0.2, -0.15) is 13.2 Å². The number of nitrogens with two attached hydrogens (primary N) is 1. The predicted molar refractivity (Wildman–Crippen MR) is 105 cm³/mol. The minimum atomic E-state index is -5.11. The molecule has 31 heavy (non-hydrogen) atoms. The van der Waals surface area contributed by atoms with Crippen LogP contribution in [0.25, 0.3) is 0 Å². The second kappa shape index (κ2) is 7.00. The van der Waals surface area contributed by atoms with E-state index >= 15 is 0 Å². The van der Waals surface area contributed by atoms with Crippen LogP contribution in [0.5, 0.6) is 0 Å². The van der Waals surface area contributed by atoms with Crippen molar-refractivity contribution in [2.75, 3.05) is 0 Å². The van der Waals surface area contributed by atoms with Crippen molar-refractivity contribution in [3.8, 4) is 0 Å². The van der Waals surface area contributed by atoms with Gasteiger partial charge in [-0.25, -0.2) is 17.2 Å². The summed E-state index contributed by atoms with van der Waals surface area (Å²) < 4.78 is 93.8. The summed E-state index contributed by atoms with van der Waals surface area (Å²) in [7, 11) is -4.06. The Balaban J connectivity index is 1.91. The van der Waals surface area contributed by atoms with Gasteiger partial charge in [-0.05, 0) is 79.5 Å². The molecule has 168 valence electrons. The monoisotopic (exact) mass is 459 g/mol. The van der Waals surface area contributed by atoms with Crippen LogP contribution in [-0.2, 0) is 26.7 Å². The maximum Gasteiger partial charge on any atom is 0.426 e. The Labute approximate surface area is 177 Å². The van der Waals surface area contributed by atoms with Crippen LogP contribution in [0.15, 0.2) is 47.4 Å². The van der Waals surface area contributed by atoms with Crippen LogP contribution in [-0.4, -0.2) is 20.6 Å². The molecule has 0 saturated heterocycles. The SMILES string of the molecule is CC(F)(c1ccc2c(c1)CC[C@H]1[C@H](N)CC[C@@]21S(=O)(=O)c1ccc(F)cc1)C(F)(F)F.